The van der Waals surface area contributed by atoms with Crippen molar-refractivity contribution in [2.75, 3.05) is 26.8 Å². The van der Waals surface area contributed by atoms with Crippen LogP contribution in [0.1, 0.15) is 57.9 Å². The fourth-order valence-electron chi connectivity index (χ4n) is 4.31. The fraction of sp³-hybridized carbons (Fsp3) is 0.478. The molecule has 1 fully saturated rings. The summed E-state index contributed by atoms with van der Waals surface area (Å²) < 4.78 is 13.0. The fourth-order valence-corrected chi connectivity index (χ4v) is 4.31. The van der Waals surface area contributed by atoms with Crippen molar-refractivity contribution in [3.63, 3.8) is 0 Å². The lowest BCUT2D eigenvalue weighted by Gasteiger charge is -2.22. The van der Waals surface area contributed by atoms with Gasteiger partial charge in [0.05, 0.1) is 36.6 Å². The topological polar surface area (TPSA) is 72.8 Å². The van der Waals surface area contributed by atoms with Crippen molar-refractivity contribution in [2.45, 2.75) is 45.1 Å². The molecule has 2 aliphatic heterocycles. The van der Waals surface area contributed by atoms with E-state index in [1.807, 2.05) is 46.7 Å². The van der Waals surface area contributed by atoms with Crippen LogP contribution in [0.3, 0.4) is 0 Å². The average Bonchev–Trinajstić information content (AvgIpc) is 3.42. The summed E-state index contributed by atoms with van der Waals surface area (Å²) in [6.45, 7) is 4.73. The molecule has 0 radical (unpaired) electrons. The predicted octanol–water partition coefficient (Wildman–Crippen LogP) is 2.76. The first-order valence-corrected chi connectivity index (χ1v) is 10.6. The maximum absolute atomic E-state index is 13.2. The number of nitrogens with zero attached hydrogens (tertiary/aromatic N) is 2. The highest BCUT2D eigenvalue weighted by molar-refractivity contribution is 6.01. The second kappa shape index (κ2) is 9.02. The zero-order valence-corrected chi connectivity index (χ0v) is 17.6. The highest BCUT2D eigenvalue weighted by Gasteiger charge is 2.32. The maximum Gasteiger partial charge on any atom is 0.270 e. The number of nitrogens with one attached hydrogen (secondary N) is 1. The van der Waals surface area contributed by atoms with Gasteiger partial charge in [-0.2, -0.15) is 0 Å². The summed E-state index contributed by atoms with van der Waals surface area (Å²) in [4.78, 5) is 28.2. The Kier molecular flexibility index (Phi) is 6.20. The predicted molar refractivity (Wildman–Crippen MR) is 112 cm³/mol. The number of ether oxygens (including phenoxy) is 2. The van der Waals surface area contributed by atoms with E-state index in [1.54, 1.807) is 13.2 Å². The Morgan fingerprint density at radius 1 is 1.27 bits per heavy atom. The van der Waals surface area contributed by atoms with Crippen LogP contribution in [0.4, 0.5) is 0 Å². The van der Waals surface area contributed by atoms with E-state index < -0.39 is 0 Å². The van der Waals surface area contributed by atoms with Crippen LogP contribution in [-0.2, 0) is 22.6 Å². The van der Waals surface area contributed by atoms with Gasteiger partial charge in [0.25, 0.3) is 11.8 Å². The van der Waals surface area contributed by atoms with Crippen LogP contribution in [0.2, 0.25) is 0 Å². The highest BCUT2D eigenvalue weighted by Crippen LogP contribution is 2.25. The van der Waals surface area contributed by atoms with Gasteiger partial charge >= 0.3 is 0 Å². The average molecular weight is 412 g/mol. The van der Waals surface area contributed by atoms with E-state index in [4.69, 9.17) is 9.47 Å². The minimum absolute atomic E-state index is 0.0492. The first-order valence-electron chi connectivity index (χ1n) is 10.6. The number of fused-ring (bicyclic) bond motifs is 1. The molecule has 0 saturated carbocycles. The lowest BCUT2D eigenvalue weighted by atomic mass is 10.0. The van der Waals surface area contributed by atoms with Gasteiger partial charge in [-0.3, -0.25) is 9.59 Å². The van der Waals surface area contributed by atoms with Crippen molar-refractivity contribution in [1.82, 2.24) is 14.8 Å². The monoisotopic (exact) mass is 411 g/mol. The molecule has 0 aliphatic carbocycles. The molecule has 2 aliphatic rings. The van der Waals surface area contributed by atoms with Crippen LogP contribution in [0, 0.1) is 0 Å². The van der Waals surface area contributed by atoms with Gasteiger partial charge in [-0.15, -0.1) is 0 Å². The Balaban J connectivity index is 1.59. The third-order valence-corrected chi connectivity index (χ3v) is 6.05. The van der Waals surface area contributed by atoms with Crippen molar-refractivity contribution >= 4 is 11.8 Å². The van der Waals surface area contributed by atoms with Crippen LogP contribution in [-0.4, -0.2) is 54.2 Å². The number of aromatic nitrogens is 1. The van der Waals surface area contributed by atoms with Gasteiger partial charge in [0, 0.05) is 26.7 Å². The molecule has 160 valence electrons. The Morgan fingerprint density at radius 3 is 2.77 bits per heavy atom. The number of hydrogen-bond donors (Lipinski definition) is 1. The van der Waals surface area contributed by atoms with Crippen molar-refractivity contribution < 1.29 is 19.1 Å². The van der Waals surface area contributed by atoms with E-state index in [0.717, 1.165) is 24.1 Å². The molecule has 2 atom stereocenters. The minimum Gasteiger partial charge on any atom is -0.380 e. The Morgan fingerprint density at radius 2 is 2.07 bits per heavy atom. The minimum atomic E-state index is -0.171. The maximum atomic E-state index is 13.2. The number of amides is 2. The largest absolute Gasteiger partial charge is 0.380 e. The normalized spacial score (nSPS) is 19.4. The molecular weight excluding hydrogens is 382 g/mol. The van der Waals surface area contributed by atoms with Gasteiger partial charge in [-0.05, 0) is 24.5 Å². The van der Waals surface area contributed by atoms with E-state index in [2.05, 4.69) is 5.32 Å². The molecule has 7 heteroatoms. The molecule has 1 N–H and O–H groups in total. The number of likely N-dealkylation sites (tertiary alicyclic amines) is 1. The summed E-state index contributed by atoms with van der Waals surface area (Å²) in [7, 11) is 1.68. The van der Waals surface area contributed by atoms with Gasteiger partial charge < -0.3 is 24.3 Å². The van der Waals surface area contributed by atoms with Gasteiger partial charge in [0.1, 0.15) is 5.69 Å². The lowest BCUT2D eigenvalue weighted by Crippen LogP contribution is -2.32. The number of carbonyl (C=O) groups is 2. The molecule has 4 rings (SSSR count). The van der Waals surface area contributed by atoms with Crippen molar-refractivity contribution in [1.29, 1.82) is 0 Å². The summed E-state index contributed by atoms with van der Waals surface area (Å²) in [5.41, 5.74) is 2.92. The summed E-state index contributed by atoms with van der Waals surface area (Å²) in [6, 6.07) is 11.6. The molecular formula is C23H29N3O4. The van der Waals surface area contributed by atoms with Crippen LogP contribution >= 0.6 is 0 Å². The summed E-state index contributed by atoms with van der Waals surface area (Å²) in [6.07, 6.45) is 1.69. The third-order valence-electron chi connectivity index (χ3n) is 6.05. The molecule has 2 unspecified atom stereocenters. The molecule has 7 nitrogen and oxygen atoms in total. The lowest BCUT2D eigenvalue weighted by molar-refractivity contribution is 0.0671. The van der Waals surface area contributed by atoms with Crippen molar-refractivity contribution in [3.05, 3.63) is 58.9 Å². The van der Waals surface area contributed by atoms with Crippen molar-refractivity contribution in [2.24, 2.45) is 0 Å². The van der Waals surface area contributed by atoms with Crippen LogP contribution in [0.15, 0.2) is 36.4 Å². The second-order valence-electron chi connectivity index (χ2n) is 7.84. The molecule has 1 aromatic heterocycles. The zero-order chi connectivity index (χ0) is 21.1. The van der Waals surface area contributed by atoms with Crippen LogP contribution < -0.4 is 5.32 Å². The van der Waals surface area contributed by atoms with Gasteiger partial charge in [-0.25, -0.2) is 0 Å². The van der Waals surface area contributed by atoms with Gasteiger partial charge in [0.2, 0.25) is 0 Å². The molecule has 2 amide bonds. The van der Waals surface area contributed by atoms with E-state index in [0.29, 0.717) is 44.1 Å². The molecule has 0 bridgehead atoms. The molecule has 1 aromatic carbocycles. The smallest absolute Gasteiger partial charge is 0.270 e. The molecule has 1 saturated heterocycles. The number of rotatable bonds is 6. The standard InChI is InChI=1S/C23H29N3O4/c1-3-19(16-7-5-4-6-8-16)24-22(27)18-13-20(26-11-12-30-15-21(18)26)23(28)25-10-9-17(14-25)29-2/h4-8,13,17,19H,3,9-12,14-15H2,1-2H3,(H,24,27). The third kappa shape index (κ3) is 4.00. The number of carbonyl (C=O) groups excluding carboxylic acids is 2. The summed E-state index contributed by atoms with van der Waals surface area (Å²) in [5, 5.41) is 3.13. The van der Waals surface area contributed by atoms with E-state index in [1.165, 1.54) is 0 Å². The zero-order valence-electron chi connectivity index (χ0n) is 17.6. The van der Waals surface area contributed by atoms with Gasteiger partial charge in [-0.1, -0.05) is 37.3 Å². The molecule has 0 spiro atoms. The van der Waals surface area contributed by atoms with E-state index in [-0.39, 0.29) is 24.0 Å². The first-order chi connectivity index (χ1) is 14.6. The highest BCUT2D eigenvalue weighted by atomic mass is 16.5. The Labute approximate surface area is 177 Å². The van der Waals surface area contributed by atoms with Crippen molar-refractivity contribution in [3.8, 4) is 0 Å². The number of methoxy groups -OCH3 is 1. The number of hydrogen-bond acceptors (Lipinski definition) is 4. The SMILES string of the molecule is CCC(NC(=O)c1cc(C(=O)N2CCC(OC)C2)n2c1COCC2)c1ccccc1. The van der Waals surface area contributed by atoms with E-state index in [9.17, 15) is 9.59 Å². The molecule has 2 aromatic rings. The second-order valence-corrected chi connectivity index (χ2v) is 7.84. The first kappa shape index (κ1) is 20.6. The van der Waals surface area contributed by atoms with Crippen LogP contribution in [0.5, 0.6) is 0 Å². The summed E-state index contributed by atoms with van der Waals surface area (Å²) >= 11 is 0. The quantitative estimate of drug-likeness (QED) is 0.793. The Bertz CT molecular complexity index is 909. The molecule has 3 heterocycles. The number of benzene rings is 1. The Hall–Kier alpha value is -2.64. The van der Waals surface area contributed by atoms with E-state index >= 15 is 0 Å². The van der Waals surface area contributed by atoms with Gasteiger partial charge in [0.15, 0.2) is 0 Å². The van der Waals surface area contributed by atoms with Crippen LogP contribution in [0.25, 0.3) is 0 Å². The molecule has 30 heavy (non-hydrogen) atoms. The summed E-state index contributed by atoms with van der Waals surface area (Å²) in [5.74, 6) is -0.220.